The number of halogens is 1. The molecule has 1 aromatic heterocycles. The SMILES string of the molecule is C=CCN(CC=C)C(=O)CSc1nnc(Cc2ccccc2)n1-c1ccc(Cl)cc1. The van der Waals surface area contributed by atoms with Crippen molar-refractivity contribution in [3.63, 3.8) is 0 Å². The van der Waals surface area contributed by atoms with Gasteiger partial charge in [0.05, 0.1) is 5.75 Å². The Morgan fingerprint density at radius 1 is 1.03 bits per heavy atom. The number of thioether (sulfide) groups is 1. The lowest BCUT2D eigenvalue weighted by atomic mass is 10.1. The number of hydrogen-bond donors (Lipinski definition) is 0. The number of amides is 1. The molecule has 0 saturated carbocycles. The number of carbonyl (C=O) groups is 1. The van der Waals surface area contributed by atoms with Gasteiger partial charge in [0.15, 0.2) is 5.16 Å². The van der Waals surface area contributed by atoms with E-state index >= 15 is 0 Å². The number of benzene rings is 2. The highest BCUT2D eigenvalue weighted by molar-refractivity contribution is 7.99. The minimum atomic E-state index is -0.00457. The lowest BCUT2D eigenvalue weighted by Crippen LogP contribution is -2.32. The molecule has 7 heteroatoms. The zero-order chi connectivity index (χ0) is 21.3. The molecular weight excluding hydrogens is 416 g/mol. The third kappa shape index (κ3) is 5.62. The van der Waals surface area contributed by atoms with Crippen molar-refractivity contribution >= 4 is 29.3 Å². The van der Waals surface area contributed by atoms with Crippen LogP contribution in [-0.4, -0.2) is 44.4 Å². The number of aromatic nitrogens is 3. The Bertz CT molecular complexity index is 992. The molecule has 154 valence electrons. The van der Waals surface area contributed by atoms with Crippen LogP contribution in [0.3, 0.4) is 0 Å². The van der Waals surface area contributed by atoms with Gasteiger partial charge in [-0.15, -0.1) is 23.4 Å². The van der Waals surface area contributed by atoms with Gasteiger partial charge < -0.3 is 4.90 Å². The van der Waals surface area contributed by atoms with Crippen molar-refractivity contribution in [1.29, 1.82) is 0 Å². The Labute approximate surface area is 186 Å². The molecule has 0 atom stereocenters. The standard InChI is InChI=1S/C23H23ClN4OS/c1-3-14-27(15-4-2)22(29)17-30-23-26-25-21(16-18-8-6-5-7-9-18)28(23)20-12-10-19(24)11-13-20/h3-13H,1-2,14-17H2. The zero-order valence-corrected chi connectivity index (χ0v) is 18.1. The van der Waals surface area contributed by atoms with Crippen LogP contribution >= 0.6 is 23.4 Å². The highest BCUT2D eigenvalue weighted by Crippen LogP contribution is 2.25. The van der Waals surface area contributed by atoms with Crippen LogP contribution in [0.1, 0.15) is 11.4 Å². The van der Waals surface area contributed by atoms with Gasteiger partial charge in [0.2, 0.25) is 5.91 Å². The third-order valence-corrected chi connectivity index (χ3v) is 5.53. The van der Waals surface area contributed by atoms with Crippen LogP contribution in [0, 0.1) is 0 Å². The molecule has 30 heavy (non-hydrogen) atoms. The number of carbonyl (C=O) groups excluding carboxylic acids is 1. The summed E-state index contributed by atoms with van der Waals surface area (Å²) < 4.78 is 1.98. The smallest absolute Gasteiger partial charge is 0.233 e. The van der Waals surface area contributed by atoms with E-state index in [1.807, 2.05) is 47.0 Å². The number of rotatable bonds is 10. The summed E-state index contributed by atoms with van der Waals surface area (Å²) in [4.78, 5) is 14.3. The van der Waals surface area contributed by atoms with Crippen molar-refractivity contribution in [2.75, 3.05) is 18.8 Å². The van der Waals surface area contributed by atoms with E-state index in [0.717, 1.165) is 17.1 Å². The summed E-state index contributed by atoms with van der Waals surface area (Å²) in [5, 5.41) is 10.1. The maximum atomic E-state index is 12.6. The molecule has 0 aliphatic rings. The van der Waals surface area contributed by atoms with E-state index < -0.39 is 0 Å². The normalized spacial score (nSPS) is 10.6. The van der Waals surface area contributed by atoms with E-state index in [0.29, 0.717) is 29.7 Å². The van der Waals surface area contributed by atoms with Crippen molar-refractivity contribution in [3.05, 3.63) is 96.3 Å². The van der Waals surface area contributed by atoms with Gasteiger partial charge in [0, 0.05) is 30.2 Å². The lowest BCUT2D eigenvalue weighted by molar-refractivity contribution is -0.127. The van der Waals surface area contributed by atoms with Crippen LogP contribution in [0.15, 0.2) is 85.1 Å². The maximum Gasteiger partial charge on any atom is 0.233 e. The van der Waals surface area contributed by atoms with Gasteiger partial charge in [-0.05, 0) is 29.8 Å². The van der Waals surface area contributed by atoms with Gasteiger partial charge in [-0.2, -0.15) is 0 Å². The Kier molecular flexibility index (Phi) is 7.88. The van der Waals surface area contributed by atoms with Crippen molar-refractivity contribution in [1.82, 2.24) is 19.7 Å². The van der Waals surface area contributed by atoms with Gasteiger partial charge in [0.25, 0.3) is 0 Å². The fourth-order valence-corrected chi connectivity index (χ4v) is 3.94. The Balaban J connectivity index is 1.86. The molecule has 3 rings (SSSR count). The zero-order valence-electron chi connectivity index (χ0n) is 16.6. The Morgan fingerprint density at radius 2 is 1.70 bits per heavy atom. The third-order valence-electron chi connectivity index (χ3n) is 4.37. The van der Waals surface area contributed by atoms with Crippen molar-refractivity contribution in [2.24, 2.45) is 0 Å². The molecule has 0 bridgehead atoms. The second kappa shape index (κ2) is 10.8. The first kappa shape index (κ1) is 21.9. The summed E-state index contributed by atoms with van der Waals surface area (Å²) in [6.07, 6.45) is 4.05. The van der Waals surface area contributed by atoms with Gasteiger partial charge in [-0.1, -0.05) is 65.8 Å². The van der Waals surface area contributed by atoms with Crippen LogP contribution in [0.2, 0.25) is 5.02 Å². The summed E-state index contributed by atoms with van der Waals surface area (Å²) in [6, 6.07) is 17.6. The summed E-state index contributed by atoms with van der Waals surface area (Å²) >= 11 is 7.43. The molecule has 0 radical (unpaired) electrons. The van der Waals surface area contributed by atoms with Crippen LogP contribution in [0.25, 0.3) is 5.69 Å². The van der Waals surface area contributed by atoms with Gasteiger partial charge >= 0.3 is 0 Å². The van der Waals surface area contributed by atoms with E-state index in [1.165, 1.54) is 11.8 Å². The monoisotopic (exact) mass is 438 g/mol. The van der Waals surface area contributed by atoms with Crippen molar-refractivity contribution in [2.45, 2.75) is 11.6 Å². The van der Waals surface area contributed by atoms with Crippen LogP contribution in [0.4, 0.5) is 0 Å². The predicted molar refractivity (Wildman–Crippen MR) is 123 cm³/mol. The van der Waals surface area contributed by atoms with Gasteiger partial charge in [-0.3, -0.25) is 9.36 Å². The summed E-state index contributed by atoms with van der Waals surface area (Å²) in [5.41, 5.74) is 2.04. The molecular formula is C23H23ClN4OS. The molecule has 0 fully saturated rings. The van der Waals surface area contributed by atoms with Crippen molar-refractivity contribution in [3.8, 4) is 5.69 Å². The highest BCUT2D eigenvalue weighted by Gasteiger charge is 2.18. The minimum Gasteiger partial charge on any atom is -0.335 e. The molecule has 0 saturated heterocycles. The molecule has 5 nitrogen and oxygen atoms in total. The Hall–Kier alpha value is -2.83. The summed E-state index contributed by atoms with van der Waals surface area (Å²) in [7, 11) is 0. The van der Waals surface area contributed by atoms with Crippen molar-refractivity contribution < 1.29 is 4.79 Å². The van der Waals surface area contributed by atoms with E-state index in [-0.39, 0.29) is 11.7 Å². The number of hydrogen-bond acceptors (Lipinski definition) is 4. The molecule has 1 heterocycles. The fourth-order valence-electron chi connectivity index (χ4n) is 2.94. The quantitative estimate of drug-likeness (QED) is 0.337. The van der Waals surface area contributed by atoms with Crippen LogP contribution in [-0.2, 0) is 11.2 Å². The van der Waals surface area contributed by atoms with E-state index in [4.69, 9.17) is 11.6 Å². The average molecular weight is 439 g/mol. The highest BCUT2D eigenvalue weighted by atomic mass is 35.5. The first-order valence-electron chi connectivity index (χ1n) is 9.49. The predicted octanol–water partition coefficient (Wildman–Crippen LogP) is 4.80. The lowest BCUT2D eigenvalue weighted by Gasteiger charge is -2.19. The molecule has 0 aliphatic heterocycles. The largest absolute Gasteiger partial charge is 0.335 e. The average Bonchev–Trinajstić information content (AvgIpc) is 3.15. The molecule has 2 aromatic carbocycles. The Morgan fingerprint density at radius 3 is 2.33 bits per heavy atom. The topological polar surface area (TPSA) is 51.0 Å². The summed E-state index contributed by atoms with van der Waals surface area (Å²) in [6.45, 7) is 8.39. The maximum absolute atomic E-state index is 12.6. The minimum absolute atomic E-state index is 0.00457. The number of nitrogens with zero attached hydrogens (tertiary/aromatic N) is 4. The first-order valence-corrected chi connectivity index (χ1v) is 10.8. The second-order valence-corrected chi connectivity index (χ2v) is 7.92. The molecule has 0 unspecified atom stereocenters. The van der Waals surface area contributed by atoms with Crippen LogP contribution < -0.4 is 0 Å². The van der Waals surface area contributed by atoms with Gasteiger partial charge in [0.1, 0.15) is 5.82 Å². The molecule has 0 spiro atoms. The van der Waals surface area contributed by atoms with E-state index in [9.17, 15) is 4.79 Å². The molecule has 0 aliphatic carbocycles. The second-order valence-electron chi connectivity index (χ2n) is 6.54. The van der Waals surface area contributed by atoms with Crippen LogP contribution in [0.5, 0.6) is 0 Å². The molecule has 0 N–H and O–H groups in total. The van der Waals surface area contributed by atoms with E-state index in [1.54, 1.807) is 17.1 Å². The molecule has 1 amide bonds. The fraction of sp³-hybridized carbons (Fsp3) is 0.174. The summed E-state index contributed by atoms with van der Waals surface area (Å²) in [5.74, 6) is 1.04. The molecule has 3 aromatic rings. The van der Waals surface area contributed by atoms with Gasteiger partial charge in [-0.25, -0.2) is 0 Å². The first-order chi connectivity index (χ1) is 14.6. The van der Waals surface area contributed by atoms with E-state index in [2.05, 4.69) is 35.5 Å².